The summed E-state index contributed by atoms with van der Waals surface area (Å²) in [5.41, 5.74) is -0.194. The van der Waals surface area contributed by atoms with Gasteiger partial charge in [-0.25, -0.2) is 17.6 Å². The number of amides is 1. The average Bonchev–Trinajstić information content (AvgIpc) is 3.05. The number of nitrogens with one attached hydrogen (secondary N) is 1. The molecular formula is C21H22ClFN2O5S. The maximum absolute atomic E-state index is 14.1. The van der Waals surface area contributed by atoms with Crippen molar-refractivity contribution >= 4 is 39.2 Å². The molecule has 0 saturated carbocycles. The van der Waals surface area contributed by atoms with E-state index in [2.05, 4.69) is 10.1 Å². The summed E-state index contributed by atoms with van der Waals surface area (Å²) in [6, 6.07) is 7.25. The number of methoxy groups -OCH3 is 1. The molecular weight excluding hydrogens is 447 g/mol. The zero-order valence-corrected chi connectivity index (χ0v) is 18.4. The van der Waals surface area contributed by atoms with Gasteiger partial charge in [-0.2, -0.15) is 4.31 Å². The lowest BCUT2D eigenvalue weighted by Gasteiger charge is -2.21. The molecule has 2 aromatic carbocycles. The molecule has 0 bridgehead atoms. The maximum Gasteiger partial charge on any atom is 0.337 e. The summed E-state index contributed by atoms with van der Waals surface area (Å²) in [6.07, 6.45) is 3.43. The lowest BCUT2D eigenvalue weighted by atomic mass is 10.1. The van der Waals surface area contributed by atoms with Crippen molar-refractivity contribution in [2.45, 2.75) is 30.6 Å². The van der Waals surface area contributed by atoms with E-state index in [1.165, 1.54) is 35.7 Å². The Labute approximate surface area is 185 Å². The van der Waals surface area contributed by atoms with Gasteiger partial charge in [0.2, 0.25) is 10.0 Å². The third-order valence-electron chi connectivity index (χ3n) is 5.01. The van der Waals surface area contributed by atoms with Gasteiger partial charge in [0.25, 0.3) is 5.91 Å². The molecule has 1 saturated heterocycles. The number of hydrogen-bond donors (Lipinski definition) is 1. The van der Waals surface area contributed by atoms with E-state index in [1.807, 2.05) is 0 Å². The van der Waals surface area contributed by atoms with E-state index in [9.17, 15) is 22.4 Å². The molecule has 10 heteroatoms. The van der Waals surface area contributed by atoms with E-state index in [0.717, 1.165) is 37.8 Å². The molecule has 0 aliphatic carbocycles. The molecule has 1 N–H and O–H groups in total. The molecule has 0 unspecified atom stereocenters. The van der Waals surface area contributed by atoms with Crippen molar-refractivity contribution in [1.29, 1.82) is 0 Å². The minimum absolute atomic E-state index is 0.000309. The van der Waals surface area contributed by atoms with Gasteiger partial charge in [0.05, 0.1) is 23.4 Å². The van der Waals surface area contributed by atoms with Crippen LogP contribution in [0.2, 0.25) is 5.02 Å². The molecule has 7 nitrogen and oxygen atoms in total. The predicted molar refractivity (Wildman–Crippen MR) is 114 cm³/mol. The summed E-state index contributed by atoms with van der Waals surface area (Å²) in [4.78, 5) is 24.2. The van der Waals surface area contributed by atoms with Crippen molar-refractivity contribution in [2.75, 3.05) is 25.5 Å². The number of nitrogens with zero attached hydrogens (tertiary/aromatic N) is 1. The standard InChI is InChI=1S/C21H22ClFN2O5S/c1-30-21(27)15-7-9-17(23)18(12-15)24-20(26)14-6-8-16(22)19(13-14)31(28,29)25-10-4-2-3-5-11-25/h6-9,12-13H,2-5,10-11H2,1H3,(H,24,26). The second kappa shape index (κ2) is 9.76. The van der Waals surface area contributed by atoms with E-state index in [-0.39, 0.29) is 26.7 Å². The average molecular weight is 469 g/mol. The molecule has 0 aromatic heterocycles. The summed E-state index contributed by atoms with van der Waals surface area (Å²) in [7, 11) is -2.70. The lowest BCUT2D eigenvalue weighted by Crippen LogP contribution is -2.32. The Morgan fingerprint density at radius 1 is 1.03 bits per heavy atom. The highest BCUT2D eigenvalue weighted by Gasteiger charge is 2.28. The third kappa shape index (κ3) is 5.23. The monoisotopic (exact) mass is 468 g/mol. The Balaban J connectivity index is 1.89. The van der Waals surface area contributed by atoms with Crippen LogP contribution in [0.1, 0.15) is 46.4 Å². The minimum atomic E-state index is -3.89. The molecule has 2 aromatic rings. The van der Waals surface area contributed by atoms with Gasteiger partial charge in [0.1, 0.15) is 10.7 Å². The molecule has 1 amide bonds. The van der Waals surface area contributed by atoms with Gasteiger partial charge in [0.15, 0.2) is 0 Å². The third-order valence-corrected chi connectivity index (χ3v) is 7.39. The Kier molecular flexibility index (Phi) is 7.30. The molecule has 0 radical (unpaired) electrons. The first-order chi connectivity index (χ1) is 14.7. The molecule has 3 rings (SSSR count). The fraction of sp³-hybridized carbons (Fsp3) is 0.333. The second-order valence-corrected chi connectivity index (χ2v) is 9.42. The van der Waals surface area contributed by atoms with Crippen molar-refractivity contribution in [3.05, 3.63) is 58.4 Å². The van der Waals surface area contributed by atoms with Crippen molar-refractivity contribution in [3.63, 3.8) is 0 Å². The smallest absolute Gasteiger partial charge is 0.337 e. The molecule has 166 valence electrons. The topological polar surface area (TPSA) is 92.8 Å². The van der Waals surface area contributed by atoms with E-state index in [1.54, 1.807) is 0 Å². The zero-order valence-electron chi connectivity index (χ0n) is 16.9. The number of carbonyl (C=O) groups excluding carboxylic acids is 2. The Morgan fingerprint density at radius 3 is 2.32 bits per heavy atom. The van der Waals surface area contributed by atoms with Crippen molar-refractivity contribution in [3.8, 4) is 0 Å². The summed E-state index contributed by atoms with van der Waals surface area (Å²) < 4.78 is 46.3. The fourth-order valence-electron chi connectivity index (χ4n) is 3.32. The van der Waals surface area contributed by atoms with Gasteiger partial charge < -0.3 is 10.1 Å². The van der Waals surface area contributed by atoms with Crippen molar-refractivity contribution < 1.29 is 27.1 Å². The number of rotatable bonds is 5. The first-order valence-electron chi connectivity index (χ1n) is 9.73. The molecule has 1 heterocycles. The quantitative estimate of drug-likeness (QED) is 0.667. The number of carbonyl (C=O) groups is 2. The van der Waals surface area contributed by atoms with Crippen LogP contribution in [0.5, 0.6) is 0 Å². The van der Waals surface area contributed by atoms with Gasteiger partial charge in [-0.05, 0) is 49.2 Å². The van der Waals surface area contributed by atoms with E-state index >= 15 is 0 Å². The first-order valence-corrected chi connectivity index (χ1v) is 11.5. The van der Waals surface area contributed by atoms with Crippen LogP contribution in [0.15, 0.2) is 41.3 Å². The fourth-order valence-corrected chi connectivity index (χ4v) is 5.34. The normalized spacial score (nSPS) is 15.2. The number of benzene rings is 2. The number of anilines is 1. The summed E-state index contributed by atoms with van der Waals surface area (Å²) in [5.74, 6) is -2.19. The van der Waals surface area contributed by atoms with Gasteiger partial charge in [-0.1, -0.05) is 24.4 Å². The summed E-state index contributed by atoms with van der Waals surface area (Å²) >= 11 is 6.15. The Morgan fingerprint density at radius 2 is 1.68 bits per heavy atom. The van der Waals surface area contributed by atoms with Crippen LogP contribution in [0, 0.1) is 5.82 Å². The van der Waals surface area contributed by atoms with Crippen molar-refractivity contribution in [2.24, 2.45) is 0 Å². The van der Waals surface area contributed by atoms with Crippen LogP contribution < -0.4 is 5.32 Å². The van der Waals surface area contributed by atoms with E-state index in [4.69, 9.17) is 11.6 Å². The summed E-state index contributed by atoms with van der Waals surface area (Å²) in [6.45, 7) is 0.779. The van der Waals surface area contributed by atoms with Gasteiger partial charge >= 0.3 is 5.97 Å². The minimum Gasteiger partial charge on any atom is -0.465 e. The van der Waals surface area contributed by atoms with Crippen LogP contribution >= 0.6 is 11.6 Å². The van der Waals surface area contributed by atoms with Crippen molar-refractivity contribution in [1.82, 2.24) is 4.31 Å². The van der Waals surface area contributed by atoms with Gasteiger partial charge in [0, 0.05) is 18.7 Å². The summed E-state index contributed by atoms with van der Waals surface area (Å²) in [5, 5.41) is 2.36. The largest absolute Gasteiger partial charge is 0.465 e. The highest BCUT2D eigenvalue weighted by atomic mass is 35.5. The number of ether oxygens (including phenoxy) is 1. The van der Waals surface area contributed by atoms with Crippen LogP contribution in [-0.2, 0) is 14.8 Å². The highest BCUT2D eigenvalue weighted by Crippen LogP contribution is 2.28. The van der Waals surface area contributed by atoms with Crippen LogP contribution in [-0.4, -0.2) is 44.8 Å². The lowest BCUT2D eigenvalue weighted by molar-refractivity contribution is 0.0600. The van der Waals surface area contributed by atoms with E-state index in [0.29, 0.717) is 13.1 Å². The van der Waals surface area contributed by atoms with Gasteiger partial charge in [-0.3, -0.25) is 4.79 Å². The Bertz CT molecular complexity index is 1100. The molecule has 0 atom stereocenters. The number of esters is 1. The SMILES string of the molecule is COC(=O)c1ccc(F)c(NC(=O)c2ccc(Cl)c(S(=O)(=O)N3CCCCCC3)c2)c1. The zero-order chi connectivity index (χ0) is 22.6. The number of halogens is 2. The predicted octanol–water partition coefficient (Wildman–Crippen LogP) is 4.08. The van der Waals surface area contributed by atoms with Gasteiger partial charge in [-0.15, -0.1) is 0 Å². The van der Waals surface area contributed by atoms with Crippen LogP contribution in [0.4, 0.5) is 10.1 Å². The maximum atomic E-state index is 14.1. The first kappa shape index (κ1) is 23.2. The number of hydrogen-bond acceptors (Lipinski definition) is 5. The van der Waals surface area contributed by atoms with E-state index < -0.39 is 27.7 Å². The second-order valence-electron chi connectivity index (χ2n) is 7.10. The molecule has 1 aliphatic heterocycles. The molecule has 1 aliphatic rings. The molecule has 1 fully saturated rings. The van der Waals surface area contributed by atoms with Crippen LogP contribution in [0.25, 0.3) is 0 Å². The molecule has 31 heavy (non-hydrogen) atoms. The highest BCUT2D eigenvalue weighted by molar-refractivity contribution is 7.89. The molecule has 0 spiro atoms. The number of sulfonamides is 1. The Hall–Kier alpha value is -2.49. The van der Waals surface area contributed by atoms with Crippen LogP contribution in [0.3, 0.4) is 0 Å².